The van der Waals surface area contributed by atoms with Crippen molar-refractivity contribution in [2.45, 2.75) is 12.1 Å². The number of thioether (sulfide) groups is 1. The van der Waals surface area contributed by atoms with Gasteiger partial charge < -0.3 is 5.32 Å². The molecule has 1 amide bonds. The minimum Gasteiger partial charge on any atom is -0.325 e. The summed E-state index contributed by atoms with van der Waals surface area (Å²) in [6.07, 6.45) is 3.56. The molecule has 0 aliphatic heterocycles. The van der Waals surface area contributed by atoms with E-state index in [1.54, 1.807) is 48.7 Å². The number of nitrogens with zero attached hydrogens (tertiary/aromatic N) is 2. The second-order valence-corrected chi connectivity index (χ2v) is 8.66. The molecule has 1 aromatic heterocycles. The molecule has 1 heterocycles. The van der Waals surface area contributed by atoms with E-state index >= 15 is 0 Å². The summed E-state index contributed by atoms with van der Waals surface area (Å²) in [5, 5.41) is 3.53. The summed E-state index contributed by atoms with van der Waals surface area (Å²) in [7, 11) is 0. The number of aromatic nitrogens is 2. The molecule has 1 N–H and O–H groups in total. The Morgan fingerprint density at radius 1 is 0.909 bits per heavy atom. The lowest BCUT2D eigenvalue weighted by molar-refractivity contribution is -0.113. The van der Waals surface area contributed by atoms with Crippen molar-refractivity contribution in [3.63, 3.8) is 0 Å². The molecule has 0 fully saturated rings. The van der Waals surface area contributed by atoms with E-state index in [-0.39, 0.29) is 23.2 Å². The normalized spacial score (nSPS) is 12.3. The molecule has 0 bridgehead atoms. The van der Waals surface area contributed by atoms with E-state index in [4.69, 9.17) is 0 Å². The van der Waals surface area contributed by atoms with Crippen LogP contribution in [0.3, 0.4) is 0 Å². The number of rotatable bonds is 5. The van der Waals surface area contributed by atoms with Crippen LogP contribution in [-0.4, -0.2) is 32.8 Å². The minimum absolute atomic E-state index is 0.148. The molecule has 4 aromatic rings. The van der Waals surface area contributed by atoms with Crippen LogP contribution in [0.25, 0.3) is 5.69 Å². The summed E-state index contributed by atoms with van der Waals surface area (Å²) in [6, 6.07) is 19.6. The highest BCUT2D eigenvalue weighted by Crippen LogP contribution is 2.29. The largest absolute Gasteiger partial charge is 0.325 e. The summed E-state index contributed by atoms with van der Waals surface area (Å²) in [5.74, 6) is -0.480. The number of imidazole rings is 1. The van der Waals surface area contributed by atoms with E-state index < -0.39 is 0 Å². The Labute approximate surface area is 194 Å². The second-order valence-electron chi connectivity index (χ2n) is 7.72. The van der Waals surface area contributed by atoms with Crippen LogP contribution in [0.15, 0.2) is 84.3 Å². The van der Waals surface area contributed by atoms with Gasteiger partial charge in [0.2, 0.25) is 5.91 Å². The van der Waals surface area contributed by atoms with Crippen molar-refractivity contribution in [3.8, 4) is 5.69 Å². The van der Waals surface area contributed by atoms with Crippen LogP contribution in [-0.2, 0) is 4.79 Å². The Bertz CT molecular complexity index is 1420. The second kappa shape index (κ2) is 8.52. The van der Waals surface area contributed by atoms with E-state index in [1.165, 1.54) is 11.8 Å². The lowest BCUT2D eigenvalue weighted by Gasteiger charge is -2.18. The molecular weight excluding hydrogens is 434 g/mol. The van der Waals surface area contributed by atoms with Crippen LogP contribution in [0.1, 0.15) is 37.4 Å². The molecule has 6 nitrogen and oxygen atoms in total. The highest BCUT2D eigenvalue weighted by molar-refractivity contribution is 7.99. The van der Waals surface area contributed by atoms with Gasteiger partial charge in [-0.2, -0.15) is 0 Å². The maximum absolute atomic E-state index is 12.9. The van der Waals surface area contributed by atoms with Crippen LogP contribution in [0.2, 0.25) is 0 Å². The van der Waals surface area contributed by atoms with Crippen molar-refractivity contribution < 1.29 is 14.4 Å². The number of amides is 1. The average molecular weight is 454 g/mol. The quantitative estimate of drug-likeness (QED) is 0.391. The fraction of sp³-hybridized carbons (Fsp3) is 0.0769. The van der Waals surface area contributed by atoms with Gasteiger partial charge in [0.05, 0.1) is 5.75 Å². The Balaban J connectivity index is 1.30. The van der Waals surface area contributed by atoms with Gasteiger partial charge >= 0.3 is 0 Å². The van der Waals surface area contributed by atoms with E-state index in [0.29, 0.717) is 33.1 Å². The third kappa shape index (κ3) is 3.99. The van der Waals surface area contributed by atoms with Crippen molar-refractivity contribution in [3.05, 3.63) is 107 Å². The van der Waals surface area contributed by atoms with Crippen LogP contribution >= 0.6 is 11.8 Å². The molecule has 0 radical (unpaired) electrons. The lowest BCUT2D eigenvalue weighted by atomic mass is 9.84. The van der Waals surface area contributed by atoms with Gasteiger partial charge in [-0.05, 0) is 42.8 Å². The molecule has 0 atom stereocenters. The third-order valence-electron chi connectivity index (χ3n) is 5.43. The lowest BCUT2D eigenvalue weighted by Crippen LogP contribution is -2.21. The fourth-order valence-corrected chi connectivity index (χ4v) is 4.65. The molecule has 0 saturated heterocycles. The molecule has 5 rings (SSSR count). The number of carbonyl (C=O) groups is 3. The number of fused-ring (bicyclic) bond motifs is 2. The molecule has 0 saturated carbocycles. The number of ketones is 2. The molecule has 0 spiro atoms. The number of benzene rings is 3. The average Bonchev–Trinajstić information content (AvgIpc) is 3.30. The standard InChI is InChI=1S/C26H19N3O3S/c1-16-5-4-6-18(13-16)29-12-11-27-26(29)33-15-23(30)28-17-9-10-21-22(14-17)25(32)20-8-3-2-7-19(20)24(21)31/h2-14H,15H2,1H3,(H,28,30). The fourth-order valence-electron chi connectivity index (χ4n) is 3.88. The number of nitrogens with one attached hydrogen (secondary N) is 1. The van der Waals surface area contributed by atoms with Crippen LogP contribution in [0, 0.1) is 6.92 Å². The molecular formula is C26H19N3O3S. The van der Waals surface area contributed by atoms with Gasteiger partial charge in [-0.3, -0.25) is 19.0 Å². The SMILES string of the molecule is Cc1cccc(-n2ccnc2SCC(=O)Nc2ccc3c(c2)C(=O)c2ccccc2C3=O)c1. The summed E-state index contributed by atoms with van der Waals surface area (Å²) in [5.41, 5.74) is 4.04. The zero-order valence-electron chi connectivity index (χ0n) is 17.7. The maximum atomic E-state index is 12.9. The van der Waals surface area contributed by atoms with Gasteiger partial charge in [0.1, 0.15) is 0 Å². The number of anilines is 1. The predicted molar refractivity (Wildman–Crippen MR) is 127 cm³/mol. The van der Waals surface area contributed by atoms with Gasteiger partial charge in [-0.1, -0.05) is 48.2 Å². The van der Waals surface area contributed by atoms with Gasteiger partial charge in [0, 0.05) is 46.0 Å². The number of hydrogen-bond donors (Lipinski definition) is 1. The first-order valence-corrected chi connectivity index (χ1v) is 11.4. The number of hydrogen-bond acceptors (Lipinski definition) is 5. The van der Waals surface area contributed by atoms with Gasteiger partial charge in [-0.25, -0.2) is 4.98 Å². The van der Waals surface area contributed by atoms with Crippen molar-refractivity contribution >= 4 is 34.9 Å². The molecule has 0 unspecified atom stereocenters. The van der Waals surface area contributed by atoms with Gasteiger partial charge in [0.15, 0.2) is 16.7 Å². The highest BCUT2D eigenvalue weighted by Gasteiger charge is 2.29. The number of aryl methyl sites for hydroxylation is 1. The molecule has 162 valence electrons. The van der Waals surface area contributed by atoms with Crippen molar-refractivity contribution in [2.75, 3.05) is 11.1 Å². The Kier molecular flexibility index (Phi) is 5.40. The first-order chi connectivity index (χ1) is 16.0. The Morgan fingerprint density at radius 2 is 1.64 bits per heavy atom. The zero-order chi connectivity index (χ0) is 22.9. The van der Waals surface area contributed by atoms with Gasteiger partial charge in [0.25, 0.3) is 0 Å². The van der Waals surface area contributed by atoms with E-state index in [9.17, 15) is 14.4 Å². The Morgan fingerprint density at radius 3 is 2.39 bits per heavy atom. The van der Waals surface area contributed by atoms with Crippen molar-refractivity contribution in [2.24, 2.45) is 0 Å². The van der Waals surface area contributed by atoms with Crippen LogP contribution in [0.5, 0.6) is 0 Å². The summed E-state index contributed by atoms with van der Waals surface area (Å²) < 4.78 is 1.94. The minimum atomic E-state index is -0.228. The molecule has 33 heavy (non-hydrogen) atoms. The van der Waals surface area contributed by atoms with Crippen molar-refractivity contribution in [1.82, 2.24) is 9.55 Å². The monoisotopic (exact) mass is 453 g/mol. The number of carbonyl (C=O) groups excluding carboxylic acids is 3. The van der Waals surface area contributed by atoms with E-state index in [2.05, 4.69) is 16.4 Å². The topological polar surface area (TPSA) is 81.1 Å². The first-order valence-electron chi connectivity index (χ1n) is 10.4. The summed E-state index contributed by atoms with van der Waals surface area (Å²) in [4.78, 5) is 42.6. The Hall–Kier alpha value is -3.97. The molecule has 3 aromatic carbocycles. The highest BCUT2D eigenvalue weighted by atomic mass is 32.2. The van der Waals surface area contributed by atoms with Crippen LogP contribution in [0.4, 0.5) is 5.69 Å². The van der Waals surface area contributed by atoms with Crippen LogP contribution < -0.4 is 5.32 Å². The van der Waals surface area contributed by atoms with Gasteiger partial charge in [-0.15, -0.1) is 0 Å². The smallest absolute Gasteiger partial charge is 0.234 e. The maximum Gasteiger partial charge on any atom is 0.234 e. The first kappa shape index (κ1) is 20.9. The molecule has 1 aliphatic rings. The van der Waals surface area contributed by atoms with Crippen molar-refractivity contribution in [1.29, 1.82) is 0 Å². The predicted octanol–water partition coefficient (Wildman–Crippen LogP) is 4.69. The molecule has 1 aliphatic carbocycles. The molecule has 7 heteroatoms. The third-order valence-corrected chi connectivity index (χ3v) is 6.39. The van der Waals surface area contributed by atoms with E-state index in [0.717, 1.165) is 11.3 Å². The summed E-state index contributed by atoms with van der Waals surface area (Å²) >= 11 is 1.32. The van der Waals surface area contributed by atoms with E-state index in [1.807, 2.05) is 35.9 Å². The zero-order valence-corrected chi connectivity index (χ0v) is 18.6. The summed E-state index contributed by atoms with van der Waals surface area (Å²) in [6.45, 7) is 2.02.